The molecule has 1 aromatic heterocycles. The summed E-state index contributed by atoms with van der Waals surface area (Å²) >= 11 is 12.2. The van der Waals surface area contributed by atoms with E-state index in [9.17, 15) is 13.2 Å². The molecule has 37 heavy (non-hydrogen) atoms. The van der Waals surface area contributed by atoms with Crippen LogP contribution in [0.3, 0.4) is 0 Å². The number of halogens is 2. The van der Waals surface area contributed by atoms with Gasteiger partial charge in [-0.1, -0.05) is 48.3 Å². The van der Waals surface area contributed by atoms with Crippen LogP contribution in [-0.4, -0.2) is 29.5 Å². The van der Waals surface area contributed by atoms with E-state index < -0.39 is 15.4 Å². The molecule has 0 spiro atoms. The van der Waals surface area contributed by atoms with Crippen LogP contribution in [0.25, 0.3) is 11.0 Å². The number of rotatable bonds is 9. The Morgan fingerprint density at radius 1 is 0.946 bits per heavy atom. The molecular formula is C28H28Cl2N2O4S. The topological polar surface area (TPSA) is 78.3 Å². The number of aromatic nitrogens is 2. The van der Waals surface area contributed by atoms with E-state index in [-0.39, 0.29) is 29.3 Å². The summed E-state index contributed by atoms with van der Waals surface area (Å²) in [5.41, 5.74) is 2.56. The number of carbonyl (C=O) groups is 1. The summed E-state index contributed by atoms with van der Waals surface area (Å²) in [4.78, 5) is 17.9. The fraction of sp³-hybridized carbons (Fsp3) is 0.286. The summed E-state index contributed by atoms with van der Waals surface area (Å²) in [5.74, 6) is 1.38. The summed E-state index contributed by atoms with van der Waals surface area (Å²) in [5, 5.41) is 0.870. The molecule has 0 aliphatic rings. The lowest BCUT2D eigenvalue weighted by Gasteiger charge is -2.26. The van der Waals surface area contributed by atoms with E-state index >= 15 is 0 Å². The largest absolute Gasteiger partial charge is 0.480 e. The SMILES string of the molecule is CCS(=O)(=O)c1ccc(CC(=O)Cc2ccc3c(c2)nc(C(C)(C)Oc2ccc(Cl)c(Cl)c2)n3C)cc1. The highest BCUT2D eigenvalue weighted by Gasteiger charge is 2.29. The van der Waals surface area contributed by atoms with Gasteiger partial charge in [0.2, 0.25) is 0 Å². The summed E-state index contributed by atoms with van der Waals surface area (Å²) in [6.45, 7) is 5.47. The highest BCUT2D eigenvalue weighted by Crippen LogP contribution is 2.33. The fourth-order valence-corrected chi connectivity index (χ4v) is 5.45. The monoisotopic (exact) mass is 558 g/mol. The van der Waals surface area contributed by atoms with E-state index in [1.54, 1.807) is 49.4 Å². The van der Waals surface area contributed by atoms with E-state index in [1.165, 1.54) is 0 Å². The van der Waals surface area contributed by atoms with Crippen molar-refractivity contribution < 1.29 is 17.9 Å². The number of hydrogen-bond acceptors (Lipinski definition) is 5. The summed E-state index contributed by atoms with van der Waals surface area (Å²) in [6, 6.07) is 17.4. The molecule has 4 aromatic rings. The van der Waals surface area contributed by atoms with Crippen molar-refractivity contribution in [2.45, 2.75) is 44.1 Å². The zero-order chi connectivity index (χ0) is 27.0. The van der Waals surface area contributed by atoms with Gasteiger partial charge in [-0.3, -0.25) is 4.79 Å². The molecule has 0 aliphatic heterocycles. The van der Waals surface area contributed by atoms with Gasteiger partial charge in [0.25, 0.3) is 0 Å². The molecule has 0 saturated heterocycles. The van der Waals surface area contributed by atoms with Crippen LogP contribution in [0.4, 0.5) is 0 Å². The Balaban J connectivity index is 1.50. The Morgan fingerprint density at radius 2 is 1.59 bits per heavy atom. The predicted octanol–water partition coefficient (Wildman–Crippen LogP) is 6.34. The number of sulfone groups is 1. The first-order chi connectivity index (χ1) is 17.4. The Kier molecular flexibility index (Phi) is 7.70. The van der Waals surface area contributed by atoms with Gasteiger partial charge in [0.1, 0.15) is 11.5 Å². The highest BCUT2D eigenvalue weighted by atomic mass is 35.5. The molecule has 4 rings (SSSR count). The van der Waals surface area contributed by atoms with E-state index in [1.807, 2.05) is 43.7 Å². The maximum atomic E-state index is 12.8. The van der Waals surface area contributed by atoms with Crippen LogP contribution < -0.4 is 4.74 Å². The molecule has 0 fully saturated rings. The standard InChI is InChI=1S/C28H28Cl2N2O4S/c1-5-37(34,35)22-10-6-18(7-11-22)14-20(33)15-19-8-13-26-25(16-19)31-27(32(26)4)28(2,3)36-21-9-12-23(29)24(30)17-21/h6-13,16-17H,5,14-15H2,1-4H3. The third kappa shape index (κ3) is 6.00. The minimum absolute atomic E-state index is 0.0323. The zero-order valence-electron chi connectivity index (χ0n) is 21.1. The van der Waals surface area contributed by atoms with Gasteiger partial charge in [0.05, 0.1) is 31.7 Å². The van der Waals surface area contributed by atoms with Crippen LogP contribution >= 0.6 is 23.2 Å². The maximum absolute atomic E-state index is 12.8. The minimum Gasteiger partial charge on any atom is -0.480 e. The molecule has 3 aromatic carbocycles. The number of ether oxygens (including phenoxy) is 1. The summed E-state index contributed by atoms with van der Waals surface area (Å²) < 4.78 is 32.2. The van der Waals surface area contributed by atoms with Crippen molar-refractivity contribution in [2.24, 2.45) is 7.05 Å². The number of Topliss-reactive ketones (excluding diaryl/α,β-unsaturated/α-hetero) is 1. The van der Waals surface area contributed by atoms with Crippen molar-refractivity contribution in [3.8, 4) is 5.75 Å². The van der Waals surface area contributed by atoms with Crippen LogP contribution in [0.5, 0.6) is 5.75 Å². The maximum Gasteiger partial charge on any atom is 0.178 e. The second kappa shape index (κ2) is 10.5. The second-order valence-electron chi connectivity index (χ2n) is 9.45. The summed E-state index contributed by atoms with van der Waals surface area (Å²) in [6.07, 6.45) is 0.475. The van der Waals surface area contributed by atoms with E-state index in [2.05, 4.69) is 0 Å². The van der Waals surface area contributed by atoms with Crippen molar-refractivity contribution >= 4 is 49.9 Å². The van der Waals surface area contributed by atoms with Gasteiger partial charge >= 0.3 is 0 Å². The van der Waals surface area contributed by atoms with E-state index in [4.69, 9.17) is 32.9 Å². The summed E-state index contributed by atoms with van der Waals surface area (Å²) in [7, 11) is -1.33. The smallest absolute Gasteiger partial charge is 0.178 e. The lowest BCUT2D eigenvalue weighted by Crippen LogP contribution is -2.29. The first kappa shape index (κ1) is 27.2. The molecule has 0 saturated carbocycles. The molecule has 0 unspecified atom stereocenters. The Hall–Kier alpha value is -2.87. The number of benzene rings is 3. The lowest BCUT2D eigenvalue weighted by molar-refractivity contribution is -0.117. The first-order valence-electron chi connectivity index (χ1n) is 11.8. The molecule has 0 N–H and O–H groups in total. The molecule has 194 valence electrons. The third-order valence-electron chi connectivity index (χ3n) is 6.21. The quantitative estimate of drug-likeness (QED) is 0.239. The number of hydrogen-bond donors (Lipinski definition) is 0. The lowest BCUT2D eigenvalue weighted by atomic mass is 10.0. The number of carbonyl (C=O) groups excluding carboxylic acids is 1. The van der Waals surface area contributed by atoms with Crippen LogP contribution in [0, 0.1) is 0 Å². The van der Waals surface area contributed by atoms with Crippen molar-refractivity contribution in [2.75, 3.05) is 5.75 Å². The third-order valence-corrected chi connectivity index (χ3v) is 8.70. The average molecular weight is 560 g/mol. The first-order valence-corrected chi connectivity index (χ1v) is 14.2. The van der Waals surface area contributed by atoms with Gasteiger partial charge < -0.3 is 9.30 Å². The van der Waals surface area contributed by atoms with E-state index in [0.717, 1.165) is 28.0 Å². The molecule has 6 nitrogen and oxygen atoms in total. The molecule has 1 heterocycles. The zero-order valence-corrected chi connectivity index (χ0v) is 23.4. The van der Waals surface area contributed by atoms with Gasteiger partial charge in [0.15, 0.2) is 21.3 Å². The number of aryl methyl sites for hydroxylation is 1. The molecule has 0 radical (unpaired) electrons. The highest BCUT2D eigenvalue weighted by molar-refractivity contribution is 7.91. The second-order valence-corrected chi connectivity index (χ2v) is 12.5. The average Bonchev–Trinajstić information content (AvgIpc) is 3.18. The molecule has 0 bridgehead atoms. The van der Waals surface area contributed by atoms with Crippen LogP contribution in [-0.2, 0) is 40.1 Å². The van der Waals surface area contributed by atoms with Crippen molar-refractivity contribution in [1.82, 2.24) is 9.55 Å². The number of fused-ring (bicyclic) bond motifs is 1. The number of ketones is 1. The van der Waals surface area contributed by atoms with Gasteiger partial charge in [-0.05, 0) is 61.4 Å². The van der Waals surface area contributed by atoms with Gasteiger partial charge in [-0.2, -0.15) is 0 Å². The van der Waals surface area contributed by atoms with Crippen LogP contribution in [0.15, 0.2) is 65.6 Å². The predicted molar refractivity (Wildman–Crippen MR) is 147 cm³/mol. The van der Waals surface area contributed by atoms with Gasteiger partial charge in [0, 0.05) is 26.0 Å². The van der Waals surface area contributed by atoms with Gasteiger partial charge in [-0.25, -0.2) is 13.4 Å². The Bertz CT molecular complexity index is 1580. The minimum atomic E-state index is -3.26. The molecule has 0 atom stereocenters. The van der Waals surface area contributed by atoms with Crippen LogP contribution in [0.2, 0.25) is 10.0 Å². The molecule has 9 heteroatoms. The molecular weight excluding hydrogens is 531 g/mol. The van der Waals surface area contributed by atoms with Crippen molar-refractivity contribution in [3.05, 3.63) is 87.7 Å². The fourth-order valence-electron chi connectivity index (χ4n) is 4.27. The van der Waals surface area contributed by atoms with Gasteiger partial charge in [-0.15, -0.1) is 0 Å². The van der Waals surface area contributed by atoms with Crippen LogP contribution in [0.1, 0.15) is 37.7 Å². The Morgan fingerprint density at radius 3 is 2.24 bits per heavy atom. The molecule has 0 aliphatic carbocycles. The number of imidazole rings is 1. The number of nitrogens with zero attached hydrogens (tertiary/aromatic N) is 2. The van der Waals surface area contributed by atoms with E-state index in [0.29, 0.717) is 15.8 Å². The normalized spacial score (nSPS) is 12.2. The molecule has 0 amide bonds. The van der Waals surface area contributed by atoms with Crippen molar-refractivity contribution in [3.63, 3.8) is 0 Å². The van der Waals surface area contributed by atoms with Crippen molar-refractivity contribution in [1.29, 1.82) is 0 Å². The Labute approximate surface area is 227 Å².